The lowest BCUT2D eigenvalue weighted by Gasteiger charge is -2.36. The zero-order valence-corrected chi connectivity index (χ0v) is 38.3. The minimum atomic E-state index is -0.234. The number of nitrogens with zero attached hydrogens (tertiary/aromatic N) is 6. The van der Waals surface area contributed by atoms with Gasteiger partial charge in [0.1, 0.15) is 23.1 Å². The molecule has 2 aromatic heterocycles. The fourth-order valence-corrected chi connectivity index (χ4v) is 8.19. The van der Waals surface area contributed by atoms with Crippen molar-refractivity contribution in [1.82, 2.24) is 19.8 Å². The van der Waals surface area contributed by atoms with E-state index in [0.717, 1.165) is 109 Å². The van der Waals surface area contributed by atoms with Crippen LogP contribution in [0.15, 0.2) is 97.1 Å². The molecule has 2 saturated heterocycles. The third-order valence-electron chi connectivity index (χ3n) is 11.6. The molecule has 336 valence electrons. The van der Waals surface area contributed by atoms with Gasteiger partial charge in [-0.05, 0) is 149 Å². The molecule has 4 aromatic carbocycles. The highest BCUT2D eigenvalue weighted by molar-refractivity contribution is 6.30. The van der Waals surface area contributed by atoms with Gasteiger partial charge in [-0.1, -0.05) is 23.2 Å². The molecule has 2 aliphatic heterocycles. The molecule has 0 spiro atoms. The van der Waals surface area contributed by atoms with Crippen LogP contribution in [0, 0.1) is 13.8 Å². The Balaban J connectivity index is 0.000000191. The molecule has 0 unspecified atom stereocenters. The summed E-state index contributed by atoms with van der Waals surface area (Å²) in [6.07, 6.45) is 2.30. The van der Waals surface area contributed by atoms with Crippen molar-refractivity contribution in [1.29, 1.82) is 0 Å². The van der Waals surface area contributed by atoms with Crippen LogP contribution in [0.25, 0.3) is 21.8 Å². The van der Waals surface area contributed by atoms with Crippen LogP contribution in [0.2, 0.25) is 10.0 Å². The van der Waals surface area contributed by atoms with E-state index in [0.29, 0.717) is 33.3 Å². The number of aryl methyl sites for hydroxylation is 2. The molecule has 0 aliphatic carbocycles. The highest BCUT2D eigenvalue weighted by atomic mass is 35.5. The van der Waals surface area contributed by atoms with Gasteiger partial charge < -0.3 is 39.9 Å². The number of rotatable bonds is 13. The second kappa shape index (κ2) is 21.8. The average Bonchev–Trinajstić information content (AvgIpc) is 3.29. The third-order valence-corrected chi connectivity index (χ3v) is 12.1. The average molecular weight is 908 g/mol. The van der Waals surface area contributed by atoms with Gasteiger partial charge in [-0.3, -0.25) is 14.5 Å². The summed E-state index contributed by atoms with van der Waals surface area (Å²) in [5, 5.41) is 18.2. The number of amides is 2. The SMILES string of the molecule is Cc1cc(N2CCC(N(C)C)CC2)nc2ccc(NC(=O)COc3ccc(Cl)cc3)cc12.Cc1cc(N2CCN(CCO)CC2)nc2ccc(NC(=O)COc3ccc(Cl)cc3)cc12. The number of carbonyl (C=O) groups excluding carboxylic acids is 2. The Morgan fingerprint density at radius 3 is 1.52 bits per heavy atom. The zero-order chi connectivity index (χ0) is 45.2. The van der Waals surface area contributed by atoms with Crippen LogP contribution in [0.1, 0.15) is 24.0 Å². The summed E-state index contributed by atoms with van der Waals surface area (Å²) in [4.78, 5) is 43.6. The van der Waals surface area contributed by atoms with E-state index in [1.807, 2.05) is 36.4 Å². The number of halogens is 2. The molecule has 64 heavy (non-hydrogen) atoms. The molecule has 0 radical (unpaired) electrons. The second-order valence-corrected chi connectivity index (χ2v) is 17.2. The minimum Gasteiger partial charge on any atom is -0.484 e. The van der Waals surface area contributed by atoms with E-state index in [4.69, 9.17) is 47.8 Å². The number of ether oxygens (including phenoxy) is 2. The molecule has 8 rings (SSSR count). The van der Waals surface area contributed by atoms with Crippen molar-refractivity contribution in [3.8, 4) is 11.5 Å². The van der Waals surface area contributed by atoms with E-state index in [1.54, 1.807) is 48.5 Å². The lowest BCUT2D eigenvalue weighted by molar-refractivity contribution is -0.118. The van der Waals surface area contributed by atoms with Crippen LogP contribution in [-0.2, 0) is 9.59 Å². The van der Waals surface area contributed by atoms with E-state index in [-0.39, 0.29) is 31.6 Å². The number of nitrogens with one attached hydrogen (secondary N) is 2. The Morgan fingerprint density at radius 2 is 1.09 bits per heavy atom. The quantitative estimate of drug-likeness (QED) is 0.104. The first kappa shape index (κ1) is 46.3. The van der Waals surface area contributed by atoms with E-state index in [9.17, 15) is 9.59 Å². The van der Waals surface area contributed by atoms with Crippen molar-refractivity contribution in [2.45, 2.75) is 32.7 Å². The van der Waals surface area contributed by atoms with Crippen LogP contribution in [0.4, 0.5) is 23.0 Å². The predicted molar refractivity (Wildman–Crippen MR) is 259 cm³/mol. The number of hydrogen-bond donors (Lipinski definition) is 3. The van der Waals surface area contributed by atoms with Gasteiger partial charge in [0.05, 0.1) is 17.6 Å². The number of aliphatic hydroxyl groups excluding tert-OH is 1. The smallest absolute Gasteiger partial charge is 0.262 e. The van der Waals surface area contributed by atoms with Crippen LogP contribution in [-0.4, -0.2) is 122 Å². The number of β-amino-alcohol motifs (C(OH)–C–C–N with tert-alkyl or cyclic N) is 1. The molecule has 2 amide bonds. The Morgan fingerprint density at radius 1 is 0.656 bits per heavy atom. The number of carbonyl (C=O) groups is 2. The van der Waals surface area contributed by atoms with Gasteiger partial charge in [-0.25, -0.2) is 9.97 Å². The highest BCUT2D eigenvalue weighted by Crippen LogP contribution is 2.29. The Hall–Kier alpha value is -5.70. The molecule has 2 aliphatic rings. The molecule has 0 saturated carbocycles. The summed E-state index contributed by atoms with van der Waals surface area (Å²) >= 11 is 11.7. The molecule has 4 heterocycles. The first-order valence-electron chi connectivity index (χ1n) is 21.6. The Bertz CT molecular complexity index is 2530. The lowest BCUT2D eigenvalue weighted by atomic mass is 10.0. The fourth-order valence-electron chi connectivity index (χ4n) is 7.94. The number of aromatic nitrogens is 2. The van der Waals surface area contributed by atoms with Crippen molar-refractivity contribution in [3.05, 3.63) is 118 Å². The summed E-state index contributed by atoms with van der Waals surface area (Å²) in [5.74, 6) is 2.73. The molecule has 0 atom stereocenters. The van der Waals surface area contributed by atoms with Gasteiger partial charge in [0.2, 0.25) is 0 Å². The van der Waals surface area contributed by atoms with E-state index in [1.165, 1.54) is 0 Å². The van der Waals surface area contributed by atoms with Gasteiger partial charge in [-0.2, -0.15) is 0 Å². The molecule has 0 bridgehead atoms. The lowest BCUT2D eigenvalue weighted by Crippen LogP contribution is -2.47. The van der Waals surface area contributed by atoms with Crippen LogP contribution < -0.4 is 29.9 Å². The topological polar surface area (TPSA) is 136 Å². The second-order valence-electron chi connectivity index (χ2n) is 16.4. The fraction of sp³-hybridized carbons (Fsp3) is 0.347. The normalized spacial score (nSPS) is 14.6. The van der Waals surface area contributed by atoms with E-state index in [2.05, 4.69) is 70.3 Å². The summed E-state index contributed by atoms with van der Waals surface area (Å²) in [5.41, 5.74) is 5.52. The van der Waals surface area contributed by atoms with Crippen LogP contribution in [0.3, 0.4) is 0 Å². The van der Waals surface area contributed by atoms with Crippen molar-refractivity contribution < 1.29 is 24.2 Å². The Kier molecular flexibility index (Phi) is 15.8. The number of piperidine rings is 1. The maximum atomic E-state index is 12.3. The maximum absolute atomic E-state index is 12.3. The van der Waals surface area contributed by atoms with E-state index < -0.39 is 0 Å². The predicted octanol–water partition coefficient (Wildman–Crippen LogP) is 8.07. The van der Waals surface area contributed by atoms with Gasteiger partial charge in [-0.15, -0.1) is 0 Å². The minimum absolute atomic E-state index is 0.0707. The van der Waals surface area contributed by atoms with Gasteiger partial charge >= 0.3 is 0 Å². The third kappa shape index (κ3) is 12.5. The van der Waals surface area contributed by atoms with Crippen LogP contribution >= 0.6 is 23.2 Å². The number of piperazine rings is 1. The van der Waals surface area contributed by atoms with Crippen LogP contribution in [0.5, 0.6) is 11.5 Å². The first-order valence-corrected chi connectivity index (χ1v) is 22.3. The number of fused-ring (bicyclic) bond motifs is 2. The van der Waals surface area contributed by atoms with E-state index >= 15 is 0 Å². The molecule has 2 fully saturated rings. The molecular weight excluding hydrogens is 851 g/mol. The van der Waals surface area contributed by atoms with Gasteiger partial charge in [0.15, 0.2) is 13.2 Å². The maximum Gasteiger partial charge on any atom is 0.262 e. The first-order chi connectivity index (χ1) is 30.9. The van der Waals surface area contributed by atoms with Crippen molar-refractivity contribution in [2.75, 3.05) is 100 Å². The molecule has 13 nitrogen and oxygen atoms in total. The summed E-state index contributed by atoms with van der Waals surface area (Å²) in [6, 6.07) is 30.3. The standard InChI is InChI=1S/C25H29ClN4O2.C24H27ClN4O3/c1-17-14-24(30-12-10-20(11-13-30)29(2)3)28-23-9-6-19(15-22(17)23)27-25(31)16-32-21-7-4-18(26)5-8-21;1-17-14-23(29-10-8-28(9-11-29)12-13-30)27-22-7-4-19(15-21(17)22)26-24(31)16-32-20-5-2-18(25)3-6-20/h4-9,14-15,20H,10-13,16H2,1-3H3,(H,27,31);2-7,14-15,30H,8-13,16H2,1H3,(H,26,31). The number of aliphatic hydroxyl groups is 1. The van der Waals surface area contributed by atoms with Gasteiger partial charge in [0, 0.05) is 84.0 Å². The number of pyridine rings is 2. The number of anilines is 4. The molecule has 3 N–H and O–H groups in total. The number of benzene rings is 4. The summed E-state index contributed by atoms with van der Waals surface area (Å²) in [6.45, 7) is 10.6. The molecule has 6 aromatic rings. The van der Waals surface area contributed by atoms with Crippen molar-refractivity contribution >= 4 is 79.8 Å². The summed E-state index contributed by atoms with van der Waals surface area (Å²) < 4.78 is 11.0. The highest BCUT2D eigenvalue weighted by Gasteiger charge is 2.22. The van der Waals surface area contributed by atoms with Crippen molar-refractivity contribution in [2.24, 2.45) is 0 Å². The zero-order valence-electron chi connectivity index (χ0n) is 36.8. The monoisotopic (exact) mass is 906 g/mol. The summed E-state index contributed by atoms with van der Waals surface area (Å²) in [7, 11) is 4.30. The van der Waals surface area contributed by atoms with Crippen molar-refractivity contribution in [3.63, 3.8) is 0 Å². The Labute approximate surface area is 384 Å². The molecular formula is C49H56Cl2N8O5. The molecule has 15 heteroatoms. The van der Waals surface area contributed by atoms with Gasteiger partial charge in [0.25, 0.3) is 11.8 Å². The number of hydrogen-bond acceptors (Lipinski definition) is 11. The largest absolute Gasteiger partial charge is 0.484 e.